The fourth-order valence-corrected chi connectivity index (χ4v) is 2.23. The number of benzene rings is 1. The normalized spacial score (nSPS) is 16.5. The Hall–Kier alpha value is -0.380. The summed E-state index contributed by atoms with van der Waals surface area (Å²) in [4.78, 5) is 0. The van der Waals surface area contributed by atoms with Gasteiger partial charge in [0.1, 0.15) is 0 Å². The van der Waals surface area contributed by atoms with E-state index in [9.17, 15) is 0 Å². The van der Waals surface area contributed by atoms with E-state index < -0.39 is 0 Å². The average Bonchev–Trinajstić information content (AvgIpc) is 2.34. The van der Waals surface area contributed by atoms with Gasteiger partial charge in [-0.15, -0.1) is 0 Å². The van der Waals surface area contributed by atoms with Gasteiger partial charge >= 0.3 is 0 Å². The first-order valence-corrected chi connectivity index (χ1v) is 7.00. The Morgan fingerprint density at radius 3 is 2.59 bits per heavy atom. The van der Waals surface area contributed by atoms with Gasteiger partial charge in [-0.2, -0.15) is 0 Å². The van der Waals surface area contributed by atoms with Crippen LogP contribution < -0.4 is 5.32 Å². The van der Waals surface area contributed by atoms with Crippen LogP contribution in [0.25, 0.3) is 0 Å². The number of aliphatic hydroxyl groups excluding tert-OH is 1. The molecular formula is C14H22BrNO. The minimum atomic E-state index is 0.225. The smallest absolute Gasteiger partial charge is 0.0471 e. The van der Waals surface area contributed by atoms with Gasteiger partial charge in [0.25, 0.3) is 0 Å². The van der Waals surface area contributed by atoms with E-state index in [1.807, 2.05) is 6.07 Å². The van der Waals surface area contributed by atoms with Crippen molar-refractivity contribution in [3.63, 3.8) is 0 Å². The molecule has 0 spiro atoms. The van der Waals surface area contributed by atoms with E-state index >= 15 is 0 Å². The van der Waals surface area contributed by atoms with Gasteiger partial charge in [0, 0.05) is 23.2 Å². The monoisotopic (exact) mass is 299 g/mol. The van der Waals surface area contributed by atoms with Crippen molar-refractivity contribution >= 4 is 15.9 Å². The van der Waals surface area contributed by atoms with E-state index in [0.717, 1.165) is 10.9 Å². The predicted molar refractivity (Wildman–Crippen MR) is 76.0 cm³/mol. The summed E-state index contributed by atoms with van der Waals surface area (Å²) in [6, 6.07) is 9.04. The Labute approximate surface area is 113 Å². The molecule has 0 aliphatic carbocycles. The molecule has 0 aromatic heterocycles. The van der Waals surface area contributed by atoms with Crippen LogP contribution in [0.5, 0.6) is 0 Å². The number of nitrogens with one attached hydrogen (secondary N) is 1. The van der Waals surface area contributed by atoms with E-state index in [4.69, 9.17) is 5.11 Å². The van der Waals surface area contributed by atoms with Crippen LogP contribution in [-0.4, -0.2) is 17.8 Å². The van der Waals surface area contributed by atoms with Gasteiger partial charge in [0.05, 0.1) is 0 Å². The van der Waals surface area contributed by atoms with E-state index in [-0.39, 0.29) is 12.5 Å². The molecule has 0 saturated carbocycles. The van der Waals surface area contributed by atoms with Gasteiger partial charge in [-0.25, -0.2) is 0 Å². The third-order valence-electron chi connectivity index (χ3n) is 3.26. The Morgan fingerprint density at radius 2 is 2.06 bits per heavy atom. The second kappa shape index (κ2) is 7.14. The van der Waals surface area contributed by atoms with Crippen molar-refractivity contribution in [3.05, 3.63) is 34.3 Å². The van der Waals surface area contributed by atoms with Gasteiger partial charge in [0.15, 0.2) is 0 Å². The van der Waals surface area contributed by atoms with Gasteiger partial charge in [-0.1, -0.05) is 41.9 Å². The number of rotatable bonds is 6. The maximum absolute atomic E-state index is 9.16. The van der Waals surface area contributed by atoms with Crippen LogP contribution in [0, 0.1) is 5.92 Å². The maximum atomic E-state index is 9.16. The molecule has 0 heterocycles. The minimum Gasteiger partial charge on any atom is -0.396 e. The second-order valence-electron chi connectivity index (χ2n) is 4.63. The van der Waals surface area contributed by atoms with Gasteiger partial charge in [0.2, 0.25) is 0 Å². The second-order valence-corrected chi connectivity index (χ2v) is 5.55. The fraction of sp³-hybridized carbons (Fsp3) is 0.571. The molecule has 0 aliphatic heterocycles. The summed E-state index contributed by atoms with van der Waals surface area (Å²) in [5.41, 5.74) is 1.29. The average molecular weight is 300 g/mol. The van der Waals surface area contributed by atoms with Gasteiger partial charge in [-0.05, 0) is 37.0 Å². The lowest BCUT2D eigenvalue weighted by molar-refractivity contribution is 0.200. The van der Waals surface area contributed by atoms with Crippen LogP contribution in [0.4, 0.5) is 0 Å². The van der Waals surface area contributed by atoms with Crippen LogP contribution in [0.3, 0.4) is 0 Å². The largest absolute Gasteiger partial charge is 0.396 e. The molecule has 1 aromatic carbocycles. The molecule has 0 saturated heterocycles. The SMILES string of the molecule is CCC(NC(C)C(C)CO)c1cccc(Br)c1. The zero-order valence-corrected chi connectivity index (χ0v) is 12.4. The zero-order valence-electron chi connectivity index (χ0n) is 10.8. The predicted octanol–water partition coefficient (Wildman–Crippen LogP) is 3.51. The summed E-state index contributed by atoms with van der Waals surface area (Å²) in [5, 5.41) is 12.7. The lowest BCUT2D eigenvalue weighted by atomic mass is 9.99. The topological polar surface area (TPSA) is 32.3 Å². The Balaban J connectivity index is 2.72. The number of halogens is 1. The van der Waals surface area contributed by atoms with Crippen LogP contribution >= 0.6 is 15.9 Å². The molecule has 1 aromatic rings. The van der Waals surface area contributed by atoms with Crippen molar-refractivity contribution in [2.45, 2.75) is 39.3 Å². The molecule has 3 heteroatoms. The Bertz CT molecular complexity index is 343. The van der Waals surface area contributed by atoms with Crippen molar-refractivity contribution < 1.29 is 5.11 Å². The molecule has 0 bridgehead atoms. The summed E-state index contributed by atoms with van der Waals surface area (Å²) in [6.45, 7) is 6.59. The van der Waals surface area contributed by atoms with E-state index in [2.05, 4.69) is 60.2 Å². The molecule has 1 rings (SSSR count). The van der Waals surface area contributed by atoms with Gasteiger partial charge in [-0.3, -0.25) is 0 Å². The third-order valence-corrected chi connectivity index (χ3v) is 3.76. The van der Waals surface area contributed by atoms with Crippen molar-refractivity contribution in [1.82, 2.24) is 5.32 Å². The molecule has 0 fully saturated rings. The standard InChI is InChI=1S/C14H22BrNO/c1-4-14(16-11(3)10(2)9-17)12-6-5-7-13(15)8-12/h5-8,10-11,14,16-17H,4,9H2,1-3H3. The molecule has 0 radical (unpaired) electrons. The Kier molecular flexibility index (Phi) is 6.17. The summed E-state index contributed by atoms with van der Waals surface area (Å²) in [6.07, 6.45) is 1.04. The van der Waals surface area contributed by atoms with Gasteiger partial charge < -0.3 is 10.4 Å². The third kappa shape index (κ3) is 4.41. The highest BCUT2D eigenvalue weighted by atomic mass is 79.9. The highest BCUT2D eigenvalue weighted by molar-refractivity contribution is 9.10. The molecule has 96 valence electrons. The quantitative estimate of drug-likeness (QED) is 0.842. The van der Waals surface area contributed by atoms with Crippen molar-refractivity contribution in [1.29, 1.82) is 0 Å². The van der Waals surface area contributed by atoms with Crippen LogP contribution in [0.15, 0.2) is 28.7 Å². The fourth-order valence-electron chi connectivity index (χ4n) is 1.81. The molecule has 17 heavy (non-hydrogen) atoms. The van der Waals surface area contributed by atoms with Crippen molar-refractivity contribution in [2.75, 3.05) is 6.61 Å². The molecule has 2 nitrogen and oxygen atoms in total. The number of aliphatic hydroxyl groups is 1. The summed E-state index contributed by atoms with van der Waals surface area (Å²) >= 11 is 3.50. The molecule has 2 N–H and O–H groups in total. The zero-order chi connectivity index (χ0) is 12.8. The summed E-state index contributed by atoms with van der Waals surface area (Å²) in [5.74, 6) is 0.274. The first kappa shape index (κ1) is 14.7. The Morgan fingerprint density at radius 1 is 1.35 bits per heavy atom. The first-order chi connectivity index (χ1) is 8.08. The lowest BCUT2D eigenvalue weighted by Crippen LogP contribution is -2.36. The van der Waals surface area contributed by atoms with Crippen molar-refractivity contribution in [2.24, 2.45) is 5.92 Å². The molecule has 3 atom stereocenters. The lowest BCUT2D eigenvalue weighted by Gasteiger charge is -2.26. The highest BCUT2D eigenvalue weighted by Crippen LogP contribution is 2.22. The maximum Gasteiger partial charge on any atom is 0.0471 e. The number of hydrogen-bond donors (Lipinski definition) is 2. The van der Waals surface area contributed by atoms with E-state index in [1.165, 1.54) is 5.56 Å². The van der Waals surface area contributed by atoms with E-state index in [0.29, 0.717) is 12.1 Å². The van der Waals surface area contributed by atoms with Crippen LogP contribution in [-0.2, 0) is 0 Å². The number of hydrogen-bond acceptors (Lipinski definition) is 2. The molecule has 0 aliphatic rings. The van der Waals surface area contributed by atoms with Crippen LogP contribution in [0.1, 0.15) is 38.8 Å². The summed E-state index contributed by atoms with van der Waals surface area (Å²) < 4.78 is 1.11. The van der Waals surface area contributed by atoms with Crippen molar-refractivity contribution in [3.8, 4) is 0 Å². The highest BCUT2D eigenvalue weighted by Gasteiger charge is 2.16. The van der Waals surface area contributed by atoms with Crippen LogP contribution in [0.2, 0.25) is 0 Å². The first-order valence-electron chi connectivity index (χ1n) is 6.20. The molecular weight excluding hydrogens is 278 g/mol. The minimum absolute atomic E-state index is 0.225. The molecule has 0 amide bonds. The van der Waals surface area contributed by atoms with E-state index in [1.54, 1.807) is 0 Å². The molecule has 3 unspecified atom stereocenters. The summed E-state index contributed by atoms with van der Waals surface area (Å²) in [7, 11) is 0.